The normalized spacial score (nSPS) is 29.0. The van der Waals surface area contributed by atoms with Gasteiger partial charge in [-0.1, -0.05) is 37.3 Å². The Morgan fingerprint density at radius 2 is 2.04 bits per heavy atom. The molecule has 5 nitrogen and oxygen atoms in total. The molecule has 0 radical (unpaired) electrons. The number of hydrogen-bond donors (Lipinski definition) is 0. The van der Waals surface area contributed by atoms with Crippen LogP contribution in [0.1, 0.15) is 18.9 Å². The number of nitrogens with zero attached hydrogens (tertiary/aromatic N) is 2. The molecule has 0 saturated carbocycles. The summed E-state index contributed by atoms with van der Waals surface area (Å²) in [6.07, 6.45) is 2.35. The smallest absolute Gasteiger partial charge is 0.237 e. The van der Waals surface area contributed by atoms with Gasteiger partial charge in [-0.05, 0) is 24.0 Å². The Morgan fingerprint density at radius 3 is 2.68 bits per heavy atom. The minimum absolute atomic E-state index is 0.0425. The van der Waals surface area contributed by atoms with Crippen molar-refractivity contribution in [1.82, 2.24) is 4.90 Å². The van der Waals surface area contributed by atoms with Crippen molar-refractivity contribution in [2.24, 2.45) is 11.8 Å². The van der Waals surface area contributed by atoms with Crippen molar-refractivity contribution in [3.05, 3.63) is 47.5 Å². The summed E-state index contributed by atoms with van der Waals surface area (Å²) >= 11 is 0. The fourth-order valence-corrected chi connectivity index (χ4v) is 4.22. The molecule has 130 valence electrons. The zero-order valence-electron chi connectivity index (χ0n) is 14.6. The van der Waals surface area contributed by atoms with Crippen LogP contribution in [0, 0.1) is 23.2 Å². The molecule has 1 aromatic carbocycles. The maximum atomic E-state index is 13.5. The quantitative estimate of drug-likeness (QED) is 0.843. The minimum Gasteiger partial charge on any atom is -0.383 e. The highest BCUT2D eigenvalue weighted by Gasteiger charge is 2.56. The van der Waals surface area contributed by atoms with E-state index in [4.69, 9.17) is 4.74 Å². The van der Waals surface area contributed by atoms with Crippen LogP contribution < -0.4 is 0 Å². The van der Waals surface area contributed by atoms with Crippen LogP contribution in [0.3, 0.4) is 0 Å². The zero-order chi connectivity index (χ0) is 18.0. The van der Waals surface area contributed by atoms with Crippen molar-refractivity contribution in [2.75, 3.05) is 26.8 Å². The largest absolute Gasteiger partial charge is 0.383 e. The highest BCUT2D eigenvalue weighted by molar-refractivity contribution is 6.06. The van der Waals surface area contributed by atoms with E-state index in [9.17, 15) is 14.9 Å². The number of amides is 1. The van der Waals surface area contributed by atoms with E-state index in [1.165, 1.54) is 0 Å². The number of nitriles is 1. The number of carbonyl (C=O) groups excluding carboxylic acids is 2. The van der Waals surface area contributed by atoms with Gasteiger partial charge < -0.3 is 9.64 Å². The van der Waals surface area contributed by atoms with Gasteiger partial charge in [-0.2, -0.15) is 5.26 Å². The number of allylic oxidation sites excluding steroid dienone is 1. The van der Waals surface area contributed by atoms with E-state index in [0.29, 0.717) is 19.7 Å². The highest BCUT2D eigenvalue weighted by Crippen LogP contribution is 2.48. The third kappa shape index (κ3) is 2.67. The number of hydrogen-bond acceptors (Lipinski definition) is 4. The van der Waals surface area contributed by atoms with Gasteiger partial charge in [0.1, 0.15) is 6.07 Å². The average Bonchev–Trinajstić information content (AvgIpc) is 2.65. The summed E-state index contributed by atoms with van der Waals surface area (Å²) in [5.74, 6) is -0.685. The van der Waals surface area contributed by atoms with Gasteiger partial charge in [-0.15, -0.1) is 0 Å². The van der Waals surface area contributed by atoms with Gasteiger partial charge in [0.15, 0.2) is 5.78 Å². The van der Waals surface area contributed by atoms with E-state index in [0.717, 1.165) is 12.0 Å². The molecule has 1 aromatic rings. The SMILES string of the molecule is COCCN1CC[C@H]2[C@H](C)C(=O)C(C#N)=C[C@]2(c2ccccc2)C1=O. The molecule has 3 atom stereocenters. The number of rotatable bonds is 4. The number of carbonyl (C=O) groups is 2. The lowest BCUT2D eigenvalue weighted by molar-refractivity contribution is -0.145. The standard InChI is InChI=1S/C20H22N2O3/c1-14-17-8-9-22(10-11-25-2)19(24)20(17,12-15(13-21)18(14)23)16-6-4-3-5-7-16/h3-7,12,14,17H,8-11H2,1-2H3/t14-,17-,20+/m0/s1. The van der Waals surface area contributed by atoms with Crippen molar-refractivity contribution in [3.63, 3.8) is 0 Å². The zero-order valence-corrected chi connectivity index (χ0v) is 14.6. The van der Waals surface area contributed by atoms with Crippen molar-refractivity contribution >= 4 is 11.7 Å². The summed E-state index contributed by atoms with van der Waals surface area (Å²) in [5, 5.41) is 9.44. The molecule has 0 aromatic heterocycles. The number of benzene rings is 1. The van der Waals surface area contributed by atoms with Crippen LogP contribution in [0.25, 0.3) is 0 Å². The van der Waals surface area contributed by atoms with Gasteiger partial charge in [0, 0.05) is 26.1 Å². The molecule has 5 heteroatoms. The van der Waals surface area contributed by atoms with E-state index in [-0.39, 0.29) is 29.1 Å². The molecular formula is C20H22N2O3. The summed E-state index contributed by atoms with van der Waals surface area (Å²) in [7, 11) is 1.61. The monoisotopic (exact) mass is 338 g/mol. The Bertz CT molecular complexity index is 750. The van der Waals surface area contributed by atoms with Crippen molar-refractivity contribution in [3.8, 4) is 6.07 Å². The summed E-state index contributed by atoms with van der Waals surface area (Å²) in [4.78, 5) is 27.8. The van der Waals surface area contributed by atoms with E-state index in [1.54, 1.807) is 18.1 Å². The molecule has 1 aliphatic heterocycles. The summed E-state index contributed by atoms with van der Waals surface area (Å²) in [6.45, 7) is 3.42. The first-order chi connectivity index (χ1) is 12.1. The van der Waals surface area contributed by atoms with E-state index in [1.807, 2.05) is 43.3 Å². The Balaban J connectivity index is 2.18. The molecule has 1 fully saturated rings. The fourth-order valence-electron chi connectivity index (χ4n) is 4.22. The second-order valence-electron chi connectivity index (χ2n) is 6.74. The van der Waals surface area contributed by atoms with Gasteiger partial charge in [-0.3, -0.25) is 9.59 Å². The van der Waals surface area contributed by atoms with Crippen LogP contribution in [0.15, 0.2) is 42.0 Å². The molecule has 0 bridgehead atoms. The van der Waals surface area contributed by atoms with Crippen LogP contribution in [-0.4, -0.2) is 43.4 Å². The van der Waals surface area contributed by atoms with Gasteiger partial charge in [0.05, 0.1) is 17.6 Å². The van der Waals surface area contributed by atoms with Gasteiger partial charge >= 0.3 is 0 Å². The lowest BCUT2D eigenvalue weighted by atomic mass is 9.57. The molecule has 1 saturated heterocycles. The van der Waals surface area contributed by atoms with Crippen LogP contribution in [-0.2, 0) is 19.7 Å². The second-order valence-corrected chi connectivity index (χ2v) is 6.74. The number of Topliss-reactive ketones (excluding diaryl/α,β-unsaturated/α-hetero) is 1. The predicted molar refractivity (Wildman–Crippen MR) is 92.6 cm³/mol. The number of piperidine rings is 1. The Hall–Kier alpha value is -2.45. The molecule has 0 spiro atoms. The topological polar surface area (TPSA) is 70.4 Å². The van der Waals surface area contributed by atoms with Gasteiger partial charge in [-0.25, -0.2) is 0 Å². The minimum atomic E-state index is -0.953. The maximum Gasteiger partial charge on any atom is 0.237 e. The number of likely N-dealkylation sites (tertiary alicyclic amines) is 1. The number of ketones is 1. The molecule has 0 N–H and O–H groups in total. The van der Waals surface area contributed by atoms with Crippen LogP contribution >= 0.6 is 0 Å². The lowest BCUT2D eigenvalue weighted by Gasteiger charge is -2.49. The van der Waals surface area contributed by atoms with Crippen molar-refractivity contribution < 1.29 is 14.3 Å². The molecule has 1 aliphatic carbocycles. The molecule has 25 heavy (non-hydrogen) atoms. The molecule has 0 unspecified atom stereocenters. The molecule has 1 heterocycles. The summed E-state index contributed by atoms with van der Waals surface area (Å²) in [6, 6.07) is 11.5. The predicted octanol–water partition coefficient (Wildman–Crippen LogP) is 2.09. The summed E-state index contributed by atoms with van der Waals surface area (Å²) in [5.41, 5.74) is -0.0141. The van der Waals surface area contributed by atoms with Gasteiger partial charge in [0.2, 0.25) is 5.91 Å². The fraction of sp³-hybridized carbons (Fsp3) is 0.450. The van der Waals surface area contributed by atoms with E-state index < -0.39 is 5.41 Å². The third-order valence-corrected chi connectivity index (χ3v) is 5.53. The molecule has 3 rings (SSSR count). The van der Waals surface area contributed by atoms with E-state index >= 15 is 0 Å². The van der Waals surface area contributed by atoms with Crippen LogP contribution in [0.2, 0.25) is 0 Å². The first kappa shape index (κ1) is 17.4. The third-order valence-electron chi connectivity index (χ3n) is 5.53. The number of ether oxygens (including phenoxy) is 1. The van der Waals surface area contributed by atoms with Crippen molar-refractivity contribution in [1.29, 1.82) is 5.26 Å². The Kier molecular flexibility index (Phi) is 4.73. The molecule has 2 aliphatic rings. The summed E-state index contributed by atoms with van der Waals surface area (Å²) < 4.78 is 5.13. The second kappa shape index (κ2) is 6.81. The lowest BCUT2D eigenvalue weighted by Crippen LogP contribution is -2.60. The maximum absolute atomic E-state index is 13.5. The average molecular weight is 338 g/mol. The Morgan fingerprint density at radius 1 is 1.32 bits per heavy atom. The van der Waals surface area contributed by atoms with Crippen molar-refractivity contribution in [2.45, 2.75) is 18.8 Å². The molecule has 1 amide bonds. The van der Waals surface area contributed by atoms with Gasteiger partial charge in [0.25, 0.3) is 0 Å². The highest BCUT2D eigenvalue weighted by atomic mass is 16.5. The van der Waals surface area contributed by atoms with Crippen LogP contribution in [0.5, 0.6) is 0 Å². The Labute approximate surface area is 147 Å². The van der Waals surface area contributed by atoms with E-state index in [2.05, 4.69) is 0 Å². The van der Waals surface area contributed by atoms with Crippen LogP contribution in [0.4, 0.5) is 0 Å². The number of fused-ring (bicyclic) bond motifs is 1. The number of methoxy groups -OCH3 is 1. The first-order valence-corrected chi connectivity index (χ1v) is 8.57. The molecular weight excluding hydrogens is 316 g/mol. The first-order valence-electron chi connectivity index (χ1n) is 8.57.